The van der Waals surface area contributed by atoms with Gasteiger partial charge in [0.05, 0.1) is 31.0 Å². The maximum Gasteiger partial charge on any atom is 0.267 e. The molecule has 0 bridgehead atoms. The zero-order chi connectivity index (χ0) is 28.8. The summed E-state index contributed by atoms with van der Waals surface area (Å²) in [5, 5.41) is 20.2. The highest BCUT2D eigenvalue weighted by Gasteiger charge is 2.34. The average molecular weight is 609 g/mol. The molecule has 0 unspecified atom stereocenters. The second kappa shape index (κ2) is 13.0. The fourth-order valence-electron chi connectivity index (χ4n) is 3.85. The van der Waals surface area contributed by atoms with Crippen LogP contribution >= 0.6 is 35.0 Å². The third kappa shape index (κ3) is 6.94. The number of halogens is 2. The Kier molecular flexibility index (Phi) is 8.98. The van der Waals surface area contributed by atoms with E-state index in [-0.39, 0.29) is 24.8 Å². The summed E-state index contributed by atoms with van der Waals surface area (Å²) in [6.07, 6.45) is 4.72. The van der Waals surface area contributed by atoms with Gasteiger partial charge in [-0.2, -0.15) is 5.10 Å². The molecular formula is C30H23Cl2N3O5S. The predicted octanol–water partition coefficient (Wildman–Crippen LogP) is 7.39. The van der Waals surface area contributed by atoms with Crippen LogP contribution in [-0.2, 0) is 17.9 Å². The highest BCUT2D eigenvalue weighted by Crippen LogP contribution is 2.35. The van der Waals surface area contributed by atoms with Crippen molar-refractivity contribution < 1.29 is 23.8 Å². The average Bonchev–Trinajstić information content (AvgIpc) is 3.58. The molecule has 8 nitrogen and oxygen atoms in total. The summed E-state index contributed by atoms with van der Waals surface area (Å²) in [5.41, 5.74) is 2.02. The number of aromatic hydroxyl groups is 1. The SMILES string of the molecule is COc1cc(/C=N\N=C2\S/C(=C\c3ccccc3O)C(=O)N2Cc2ccco2)ccc1OCc1ccc(Cl)cc1Cl. The van der Waals surface area contributed by atoms with Crippen LogP contribution < -0.4 is 9.47 Å². The van der Waals surface area contributed by atoms with Crippen molar-refractivity contribution in [3.8, 4) is 17.2 Å². The Hall–Kier alpha value is -4.18. The largest absolute Gasteiger partial charge is 0.507 e. The van der Waals surface area contributed by atoms with Crippen LogP contribution in [-0.4, -0.2) is 34.4 Å². The summed E-state index contributed by atoms with van der Waals surface area (Å²) >= 11 is 13.4. The highest BCUT2D eigenvalue weighted by atomic mass is 35.5. The van der Waals surface area contributed by atoms with Crippen molar-refractivity contribution in [2.75, 3.05) is 7.11 Å². The molecule has 41 heavy (non-hydrogen) atoms. The molecule has 1 fully saturated rings. The minimum Gasteiger partial charge on any atom is -0.507 e. The Balaban J connectivity index is 1.34. The van der Waals surface area contributed by atoms with Crippen molar-refractivity contribution in [1.82, 2.24) is 4.90 Å². The molecule has 0 saturated carbocycles. The van der Waals surface area contributed by atoms with Crippen LogP contribution in [0.15, 0.2) is 98.6 Å². The lowest BCUT2D eigenvalue weighted by atomic mass is 10.2. The Morgan fingerprint density at radius 1 is 1.05 bits per heavy atom. The van der Waals surface area contributed by atoms with Gasteiger partial charge in [0, 0.05) is 21.2 Å². The molecule has 2 heterocycles. The number of amidine groups is 1. The zero-order valence-corrected chi connectivity index (χ0v) is 24.0. The van der Waals surface area contributed by atoms with E-state index < -0.39 is 0 Å². The summed E-state index contributed by atoms with van der Waals surface area (Å²) in [7, 11) is 1.55. The van der Waals surface area contributed by atoms with Crippen molar-refractivity contribution in [3.05, 3.63) is 116 Å². The number of methoxy groups -OCH3 is 1. The van der Waals surface area contributed by atoms with E-state index in [9.17, 15) is 9.90 Å². The second-order valence-corrected chi connectivity index (χ2v) is 10.6. The van der Waals surface area contributed by atoms with Gasteiger partial charge in [-0.3, -0.25) is 9.69 Å². The molecule has 5 rings (SSSR count). The summed E-state index contributed by atoms with van der Waals surface area (Å²) in [5.74, 6) is 1.44. The molecule has 1 saturated heterocycles. The fraction of sp³-hybridized carbons (Fsp3) is 0.100. The van der Waals surface area contributed by atoms with E-state index in [2.05, 4.69) is 10.2 Å². The van der Waals surface area contributed by atoms with E-state index in [1.54, 1.807) is 86.3 Å². The van der Waals surface area contributed by atoms with E-state index in [0.29, 0.717) is 48.5 Å². The number of furan rings is 1. The molecular weight excluding hydrogens is 585 g/mol. The van der Waals surface area contributed by atoms with Gasteiger partial charge in [0.25, 0.3) is 5.91 Å². The summed E-state index contributed by atoms with van der Waals surface area (Å²) in [6.45, 7) is 0.420. The number of para-hydroxylation sites is 1. The first kappa shape index (κ1) is 28.4. The number of amides is 1. The first-order valence-electron chi connectivity index (χ1n) is 12.3. The fourth-order valence-corrected chi connectivity index (χ4v) is 5.24. The Morgan fingerprint density at radius 3 is 2.66 bits per heavy atom. The maximum atomic E-state index is 13.2. The molecule has 0 atom stereocenters. The standard InChI is InChI=1S/C30H23Cl2N3O5S/c1-38-27-13-19(8-11-26(27)40-18-21-9-10-22(31)15-24(21)32)16-33-34-30-35(17-23-6-4-12-39-23)29(37)28(41-30)14-20-5-2-3-7-25(20)36/h2-16,36H,17-18H2,1H3/b28-14-,33-16-,34-30+. The monoisotopic (exact) mass is 607 g/mol. The van der Waals surface area contributed by atoms with Crippen molar-refractivity contribution in [3.63, 3.8) is 0 Å². The van der Waals surface area contributed by atoms with Crippen molar-refractivity contribution in [2.24, 2.45) is 10.2 Å². The number of hydrogen-bond donors (Lipinski definition) is 1. The van der Waals surface area contributed by atoms with Crippen LogP contribution in [0.5, 0.6) is 17.2 Å². The van der Waals surface area contributed by atoms with Crippen molar-refractivity contribution in [1.29, 1.82) is 0 Å². The first-order chi connectivity index (χ1) is 19.9. The molecule has 4 aromatic rings. The Bertz CT molecular complexity index is 1650. The number of phenols is 1. The van der Waals surface area contributed by atoms with E-state index in [4.69, 9.17) is 37.1 Å². The molecule has 1 amide bonds. The number of benzene rings is 3. The lowest BCUT2D eigenvalue weighted by Crippen LogP contribution is -2.28. The van der Waals surface area contributed by atoms with Crippen molar-refractivity contribution in [2.45, 2.75) is 13.2 Å². The summed E-state index contributed by atoms with van der Waals surface area (Å²) in [6, 6.07) is 20.9. The van der Waals surface area contributed by atoms with Crippen LogP contribution in [0.25, 0.3) is 6.08 Å². The highest BCUT2D eigenvalue weighted by molar-refractivity contribution is 8.18. The van der Waals surface area contributed by atoms with Crippen LogP contribution in [0.1, 0.15) is 22.5 Å². The van der Waals surface area contributed by atoms with Crippen LogP contribution in [0, 0.1) is 0 Å². The minimum absolute atomic E-state index is 0.0760. The van der Waals surface area contributed by atoms with Gasteiger partial charge >= 0.3 is 0 Å². The topological polar surface area (TPSA) is 96.9 Å². The molecule has 0 radical (unpaired) electrons. The van der Waals surface area contributed by atoms with Gasteiger partial charge in [0.1, 0.15) is 18.1 Å². The number of ether oxygens (including phenoxy) is 2. The van der Waals surface area contributed by atoms with Crippen LogP contribution in [0.2, 0.25) is 10.0 Å². The number of phenolic OH excluding ortho intramolecular Hbond substituents is 1. The molecule has 3 aromatic carbocycles. The number of hydrogen-bond acceptors (Lipinski definition) is 8. The third-order valence-electron chi connectivity index (χ3n) is 5.94. The normalized spacial score (nSPS) is 15.4. The number of rotatable bonds is 9. The lowest BCUT2D eigenvalue weighted by Gasteiger charge is -2.13. The van der Waals surface area contributed by atoms with Gasteiger partial charge in [-0.1, -0.05) is 47.5 Å². The van der Waals surface area contributed by atoms with Crippen LogP contribution in [0.4, 0.5) is 0 Å². The second-order valence-electron chi connectivity index (χ2n) is 8.70. The van der Waals surface area contributed by atoms with Gasteiger partial charge in [-0.15, -0.1) is 5.10 Å². The van der Waals surface area contributed by atoms with E-state index in [1.165, 1.54) is 4.90 Å². The Morgan fingerprint density at radius 2 is 1.90 bits per heavy atom. The Labute approximate surface area is 250 Å². The van der Waals surface area contributed by atoms with E-state index >= 15 is 0 Å². The minimum atomic E-state index is -0.271. The van der Waals surface area contributed by atoms with E-state index in [0.717, 1.165) is 17.3 Å². The molecule has 1 aromatic heterocycles. The molecule has 0 spiro atoms. The lowest BCUT2D eigenvalue weighted by molar-refractivity contribution is -0.122. The number of thioether (sulfide) groups is 1. The van der Waals surface area contributed by atoms with Gasteiger partial charge in [0.15, 0.2) is 16.7 Å². The van der Waals surface area contributed by atoms with Gasteiger partial charge in [0.2, 0.25) is 0 Å². The quantitative estimate of drug-likeness (QED) is 0.121. The molecule has 208 valence electrons. The van der Waals surface area contributed by atoms with Gasteiger partial charge in [-0.25, -0.2) is 0 Å². The maximum absolute atomic E-state index is 13.2. The molecule has 1 aliphatic heterocycles. The number of carbonyl (C=O) groups is 1. The number of carbonyl (C=O) groups excluding carboxylic acids is 1. The van der Waals surface area contributed by atoms with E-state index in [1.807, 2.05) is 12.1 Å². The molecule has 11 heteroatoms. The van der Waals surface area contributed by atoms with Crippen LogP contribution in [0.3, 0.4) is 0 Å². The summed E-state index contributed by atoms with van der Waals surface area (Å²) < 4.78 is 16.9. The zero-order valence-electron chi connectivity index (χ0n) is 21.7. The summed E-state index contributed by atoms with van der Waals surface area (Å²) in [4.78, 5) is 15.1. The van der Waals surface area contributed by atoms with Crippen molar-refractivity contribution >= 4 is 58.3 Å². The number of nitrogens with zero attached hydrogens (tertiary/aromatic N) is 3. The third-order valence-corrected chi connectivity index (χ3v) is 7.53. The van der Waals surface area contributed by atoms with Gasteiger partial charge < -0.3 is 19.0 Å². The predicted molar refractivity (Wildman–Crippen MR) is 162 cm³/mol. The first-order valence-corrected chi connectivity index (χ1v) is 13.9. The molecule has 1 N–H and O–H groups in total. The van der Waals surface area contributed by atoms with Gasteiger partial charge in [-0.05, 0) is 71.9 Å². The smallest absolute Gasteiger partial charge is 0.267 e. The molecule has 1 aliphatic rings. The molecule has 0 aliphatic carbocycles.